The first-order valence-electron chi connectivity index (χ1n) is 12.2. The third kappa shape index (κ3) is 5.60. The maximum absolute atomic E-state index is 13.0. The summed E-state index contributed by atoms with van der Waals surface area (Å²) in [6.45, 7) is 4.49. The van der Waals surface area contributed by atoms with Crippen molar-refractivity contribution in [3.8, 4) is 5.75 Å². The van der Waals surface area contributed by atoms with Crippen LogP contribution in [0.1, 0.15) is 18.4 Å². The van der Waals surface area contributed by atoms with Crippen molar-refractivity contribution in [2.24, 2.45) is 0 Å². The molecule has 38 heavy (non-hydrogen) atoms. The molecule has 0 radical (unpaired) electrons. The summed E-state index contributed by atoms with van der Waals surface area (Å²) in [6.07, 6.45) is 4.10. The predicted octanol–water partition coefficient (Wildman–Crippen LogP) is 5.72. The molecule has 2 amide bonds. The van der Waals surface area contributed by atoms with Crippen LogP contribution in [0.5, 0.6) is 5.75 Å². The molecule has 1 aromatic heterocycles. The third-order valence-corrected chi connectivity index (χ3v) is 6.64. The Labute approximate surface area is 225 Å². The molecule has 3 aromatic carbocycles. The van der Waals surface area contributed by atoms with Gasteiger partial charge in [-0.1, -0.05) is 48.5 Å². The summed E-state index contributed by atoms with van der Waals surface area (Å²) in [5.41, 5.74) is 3.06. The lowest BCUT2D eigenvalue weighted by Gasteiger charge is -2.22. The number of rotatable bonds is 8. The number of halogens is 1. The zero-order chi connectivity index (χ0) is 26.5. The number of hydrogen-bond acceptors (Lipinski definition) is 6. The fraction of sp³-hybridized carbons (Fsp3) is 0.172. The molecule has 2 heterocycles. The van der Waals surface area contributed by atoms with E-state index in [9.17, 15) is 9.59 Å². The maximum atomic E-state index is 13.0. The molecule has 0 spiro atoms. The Bertz CT molecular complexity index is 1490. The van der Waals surface area contributed by atoms with E-state index in [2.05, 4.69) is 27.2 Å². The first-order valence-corrected chi connectivity index (χ1v) is 12.6. The van der Waals surface area contributed by atoms with Gasteiger partial charge in [-0.15, -0.1) is 0 Å². The van der Waals surface area contributed by atoms with Crippen LogP contribution in [0.3, 0.4) is 0 Å². The van der Waals surface area contributed by atoms with Crippen molar-refractivity contribution in [2.75, 3.05) is 17.2 Å². The minimum atomic E-state index is -0.523. The molecule has 5 rings (SSSR count). The van der Waals surface area contributed by atoms with Crippen LogP contribution in [0.25, 0.3) is 10.9 Å². The van der Waals surface area contributed by atoms with Crippen LogP contribution >= 0.6 is 11.6 Å². The second-order valence-corrected chi connectivity index (χ2v) is 9.29. The summed E-state index contributed by atoms with van der Waals surface area (Å²) in [6, 6.07) is 20.2. The SMILES string of the molecule is C=CC(=O)N1CCC[C@H]1C(=O)Nc1ccc2ncnc(Nc3ccc(OCc4ccccc4)c(Cl)c3)c2c1. The standard InChI is InChI=1S/C29H26ClN5O3/c1-2-27(36)35-14-6-9-25(35)29(37)34-20-10-12-24-22(15-20)28(32-18-31-24)33-21-11-13-26(23(30)16-21)38-17-19-7-4-3-5-8-19/h2-5,7-8,10-13,15-16,18,25H,1,6,9,14,17H2,(H,34,37)(H,31,32,33)/t25-/m0/s1. The highest BCUT2D eigenvalue weighted by Crippen LogP contribution is 2.32. The van der Waals surface area contributed by atoms with Crippen molar-refractivity contribution in [3.05, 3.63) is 96.3 Å². The number of nitrogens with one attached hydrogen (secondary N) is 2. The van der Waals surface area contributed by atoms with Gasteiger partial charge < -0.3 is 20.3 Å². The van der Waals surface area contributed by atoms with Gasteiger partial charge in [-0.2, -0.15) is 0 Å². The summed E-state index contributed by atoms with van der Waals surface area (Å²) in [7, 11) is 0. The number of benzene rings is 3. The normalized spacial score (nSPS) is 14.8. The zero-order valence-corrected chi connectivity index (χ0v) is 21.3. The van der Waals surface area contributed by atoms with E-state index in [0.717, 1.165) is 23.1 Å². The van der Waals surface area contributed by atoms with Gasteiger partial charge in [-0.3, -0.25) is 9.59 Å². The average molecular weight is 528 g/mol. The number of fused-ring (bicyclic) bond motifs is 1. The van der Waals surface area contributed by atoms with Crippen molar-refractivity contribution in [1.29, 1.82) is 0 Å². The average Bonchev–Trinajstić information content (AvgIpc) is 3.43. The summed E-state index contributed by atoms with van der Waals surface area (Å²) >= 11 is 6.49. The molecule has 9 heteroatoms. The summed E-state index contributed by atoms with van der Waals surface area (Å²) in [4.78, 5) is 35.4. The topological polar surface area (TPSA) is 96.5 Å². The minimum Gasteiger partial charge on any atom is -0.487 e. The minimum absolute atomic E-state index is 0.235. The maximum Gasteiger partial charge on any atom is 0.247 e. The van der Waals surface area contributed by atoms with Crippen molar-refractivity contribution in [2.45, 2.75) is 25.5 Å². The Morgan fingerprint density at radius 2 is 1.89 bits per heavy atom. The fourth-order valence-corrected chi connectivity index (χ4v) is 4.68. The predicted molar refractivity (Wildman–Crippen MR) is 149 cm³/mol. The van der Waals surface area contributed by atoms with Crippen molar-refractivity contribution in [3.63, 3.8) is 0 Å². The van der Waals surface area contributed by atoms with E-state index in [1.54, 1.807) is 23.1 Å². The number of carbonyl (C=O) groups excluding carboxylic acids is 2. The van der Waals surface area contributed by atoms with Gasteiger partial charge >= 0.3 is 0 Å². The van der Waals surface area contributed by atoms with Crippen molar-refractivity contribution >= 4 is 51.5 Å². The molecule has 0 aliphatic carbocycles. The van der Waals surface area contributed by atoms with Crippen LogP contribution in [0.2, 0.25) is 5.02 Å². The van der Waals surface area contributed by atoms with Gasteiger partial charge in [0.05, 0.1) is 10.5 Å². The molecule has 192 valence electrons. The highest BCUT2D eigenvalue weighted by Gasteiger charge is 2.33. The van der Waals surface area contributed by atoms with Crippen LogP contribution < -0.4 is 15.4 Å². The van der Waals surface area contributed by atoms with Gasteiger partial charge in [0.15, 0.2) is 0 Å². The smallest absolute Gasteiger partial charge is 0.247 e. The molecule has 1 aliphatic rings. The first-order chi connectivity index (χ1) is 18.5. The number of hydrogen-bond donors (Lipinski definition) is 2. The fourth-order valence-electron chi connectivity index (χ4n) is 4.45. The lowest BCUT2D eigenvalue weighted by Crippen LogP contribution is -2.42. The largest absolute Gasteiger partial charge is 0.487 e. The quantitative estimate of drug-likeness (QED) is 0.284. The summed E-state index contributed by atoms with van der Waals surface area (Å²) in [5.74, 6) is 0.663. The number of amides is 2. The second kappa shape index (κ2) is 11.3. The molecular formula is C29H26ClN5O3. The van der Waals surface area contributed by atoms with E-state index in [0.29, 0.717) is 47.4 Å². The lowest BCUT2D eigenvalue weighted by atomic mass is 10.1. The summed E-state index contributed by atoms with van der Waals surface area (Å²) < 4.78 is 5.87. The van der Waals surface area contributed by atoms with Crippen LogP contribution in [-0.2, 0) is 16.2 Å². The van der Waals surface area contributed by atoms with Crippen LogP contribution in [0.15, 0.2) is 85.7 Å². The van der Waals surface area contributed by atoms with Crippen LogP contribution in [0, 0.1) is 0 Å². The number of nitrogens with zero attached hydrogens (tertiary/aromatic N) is 3. The molecule has 4 aromatic rings. The number of ether oxygens (including phenoxy) is 1. The summed E-state index contributed by atoms with van der Waals surface area (Å²) in [5, 5.41) is 7.40. The Morgan fingerprint density at radius 3 is 2.68 bits per heavy atom. The molecule has 0 bridgehead atoms. The van der Waals surface area contributed by atoms with Crippen LogP contribution in [-0.4, -0.2) is 39.3 Å². The van der Waals surface area contributed by atoms with Crippen LogP contribution in [0.4, 0.5) is 17.2 Å². The highest BCUT2D eigenvalue weighted by molar-refractivity contribution is 6.32. The Balaban J connectivity index is 1.32. The number of anilines is 3. The van der Waals surface area contributed by atoms with Crippen molar-refractivity contribution < 1.29 is 14.3 Å². The monoisotopic (exact) mass is 527 g/mol. The third-order valence-electron chi connectivity index (χ3n) is 6.35. The Hall–Kier alpha value is -4.43. The van der Waals surface area contributed by atoms with Gasteiger partial charge in [-0.05, 0) is 60.9 Å². The van der Waals surface area contributed by atoms with E-state index in [-0.39, 0.29) is 11.8 Å². The van der Waals surface area contributed by atoms with Gasteiger partial charge in [0, 0.05) is 23.3 Å². The van der Waals surface area contributed by atoms with Crippen molar-refractivity contribution in [1.82, 2.24) is 14.9 Å². The molecule has 1 aliphatic heterocycles. The van der Waals surface area contributed by atoms with Gasteiger partial charge in [0.1, 0.15) is 30.5 Å². The molecular weight excluding hydrogens is 502 g/mol. The second-order valence-electron chi connectivity index (χ2n) is 8.88. The number of carbonyl (C=O) groups is 2. The lowest BCUT2D eigenvalue weighted by molar-refractivity contribution is -0.132. The molecule has 1 fully saturated rings. The van der Waals surface area contributed by atoms with Gasteiger partial charge in [-0.25, -0.2) is 9.97 Å². The first kappa shape index (κ1) is 25.2. The molecule has 1 saturated heterocycles. The van der Waals surface area contributed by atoms with E-state index in [1.807, 2.05) is 48.5 Å². The highest BCUT2D eigenvalue weighted by atomic mass is 35.5. The molecule has 2 N–H and O–H groups in total. The zero-order valence-electron chi connectivity index (χ0n) is 20.6. The molecule has 8 nitrogen and oxygen atoms in total. The van der Waals surface area contributed by atoms with E-state index >= 15 is 0 Å². The molecule has 0 saturated carbocycles. The van der Waals surface area contributed by atoms with Gasteiger partial charge in [0.2, 0.25) is 11.8 Å². The Morgan fingerprint density at radius 1 is 1.08 bits per heavy atom. The Kier molecular flexibility index (Phi) is 7.51. The molecule has 0 unspecified atom stereocenters. The van der Waals surface area contributed by atoms with E-state index < -0.39 is 6.04 Å². The van der Waals surface area contributed by atoms with E-state index in [4.69, 9.17) is 16.3 Å². The van der Waals surface area contributed by atoms with E-state index in [1.165, 1.54) is 12.4 Å². The molecule has 1 atom stereocenters. The number of likely N-dealkylation sites (tertiary alicyclic amines) is 1. The number of aromatic nitrogens is 2. The van der Waals surface area contributed by atoms with Gasteiger partial charge in [0.25, 0.3) is 0 Å².